The van der Waals surface area contributed by atoms with Gasteiger partial charge in [0.2, 0.25) is 0 Å². The lowest BCUT2D eigenvalue weighted by atomic mass is 9.94. The molecule has 2 rings (SSSR count). The molecule has 19 heavy (non-hydrogen) atoms. The topological polar surface area (TPSA) is 44.6 Å². The van der Waals surface area contributed by atoms with E-state index in [2.05, 4.69) is 38.2 Å². The van der Waals surface area contributed by atoms with Gasteiger partial charge in [0.15, 0.2) is 0 Å². The monoisotopic (exact) mass is 260 g/mol. The molecule has 0 aliphatic carbocycles. The van der Waals surface area contributed by atoms with Crippen molar-refractivity contribution in [3.05, 3.63) is 35.9 Å². The Balaban J connectivity index is 2.23. The summed E-state index contributed by atoms with van der Waals surface area (Å²) in [6.45, 7) is 7.97. The van der Waals surface area contributed by atoms with E-state index in [1.54, 1.807) is 0 Å². The van der Waals surface area contributed by atoms with Crippen LogP contribution >= 0.6 is 0 Å². The number of hydrogen-bond acceptors (Lipinski definition) is 3. The second-order valence-corrected chi connectivity index (χ2v) is 6.02. The molecule has 1 aliphatic rings. The molecule has 1 saturated heterocycles. The highest BCUT2D eigenvalue weighted by Crippen LogP contribution is 2.25. The van der Waals surface area contributed by atoms with Crippen LogP contribution in [0.1, 0.15) is 32.8 Å². The minimum Gasteiger partial charge on any atom is -0.387 e. The molecule has 2 N–H and O–H groups in total. The highest BCUT2D eigenvalue weighted by atomic mass is 16.3. The summed E-state index contributed by atoms with van der Waals surface area (Å²) in [7, 11) is 0. The van der Waals surface area contributed by atoms with Crippen molar-refractivity contribution in [3.8, 4) is 0 Å². The van der Waals surface area contributed by atoms with E-state index in [0.29, 0.717) is 12.5 Å². The molecule has 3 heteroatoms. The molecule has 3 nitrogen and oxygen atoms in total. The fourth-order valence-electron chi connectivity index (χ4n) is 2.55. The molecule has 2 unspecified atom stereocenters. The summed E-state index contributed by atoms with van der Waals surface area (Å²) in [6, 6.07) is 10.2. The van der Waals surface area contributed by atoms with Gasteiger partial charge in [0.1, 0.15) is 0 Å². The number of aliphatic imine (C=N–C) groups is 1. The number of aliphatic hydroxyl groups is 1. The molecule has 0 bridgehead atoms. The lowest BCUT2D eigenvalue weighted by Crippen LogP contribution is -2.31. The van der Waals surface area contributed by atoms with Crippen molar-refractivity contribution in [3.63, 3.8) is 0 Å². The Kier molecular flexibility index (Phi) is 4.38. The van der Waals surface area contributed by atoms with Gasteiger partial charge in [-0.1, -0.05) is 37.3 Å². The van der Waals surface area contributed by atoms with Crippen molar-refractivity contribution in [2.75, 3.05) is 13.1 Å². The molecule has 0 radical (unpaired) electrons. The van der Waals surface area contributed by atoms with Crippen LogP contribution in [0, 0.1) is 5.92 Å². The van der Waals surface area contributed by atoms with Gasteiger partial charge in [-0.25, -0.2) is 0 Å². The summed E-state index contributed by atoms with van der Waals surface area (Å²) in [5.74, 6) is 0.488. The molecule has 0 amide bonds. The maximum absolute atomic E-state index is 10.3. The summed E-state index contributed by atoms with van der Waals surface area (Å²) in [5, 5.41) is 13.6. The van der Waals surface area contributed by atoms with Gasteiger partial charge in [-0.2, -0.15) is 0 Å². The first-order valence-corrected chi connectivity index (χ1v) is 7.02. The first-order valence-electron chi connectivity index (χ1n) is 7.02. The number of nitrogens with one attached hydrogen (secondary N) is 1. The Morgan fingerprint density at radius 2 is 1.95 bits per heavy atom. The third-order valence-corrected chi connectivity index (χ3v) is 3.71. The molecule has 0 spiro atoms. The predicted octanol–water partition coefficient (Wildman–Crippen LogP) is 2.35. The quantitative estimate of drug-likeness (QED) is 0.857. The molecule has 1 aromatic carbocycles. The average Bonchev–Trinajstić information content (AvgIpc) is 2.52. The van der Waals surface area contributed by atoms with E-state index in [1.807, 2.05) is 18.2 Å². The van der Waals surface area contributed by atoms with Crippen molar-refractivity contribution in [2.45, 2.75) is 38.8 Å². The van der Waals surface area contributed by atoms with Crippen molar-refractivity contribution >= 4 is 5.71 Å². The zero-order valence-corrected chi connectivity index (χ0v) is 12.1. The number of rotatable bonds is 2. The van der Waals surface area contributed by atoms with Gasteiger partial charge >= 0.3 is 0 Å². The lowest BCUT2D eigenvalue weighted by molar-refractivity contribution is 0.211. The Morgan fingerprint density at radius 3 is 2.63 bits per heavy atom. The van der Waals surface area contributed by atoms with Gasteiger partial charge in [-0.15, -0.1) is 0 Å². The molecule has 0 aromatic heterocycles. The molecule has 1 heterocycles. The van der Waals surface area contributed by atoms with Crippen LogP contribution in [0.4, 0.5) is 0 Å². The highest BCUT2D eigenvalue weighted by Gasteiger charge is 2.25. The summed E-state index contributed by atoms with van der Waals surface area (Å²) < 4.78 is 0. The van der Waals surface area contributed by atoms with Gasteiger partial charge in [-0.3, -0.25) is 4.99 Å². The average molecular weight is 260 g/mol. The van der Waals surface area contributed by atoms with Gasteiger partial charge in [0, 0.05) is 6.54 Å². The molecule has 1 aromatic rings. The van der Waals surface area contributed by atoms with Gasteiger partial charge in [-0.05, 0) is 38.3 Å². The Hall–Kier alpha value is -1.19. The predicted molar refractivity (Wildman–Crippen MR) is 79.6 cm³/mol. The Morgan fingerprint density at radius 1 is 1.26 bits per heavy atom. The molecular weight excluding hydrogens is 236 g/mol. The van der Waals surface area contributed by atoms with Crippen molar-refractivity contribution in [1.82, 2.24) is 5.32 Å². The van der Waals surface area contributed by atoms with Crippen LogP contribution in [-0.4, -0.2) is 30.0 Å². The third kappa shape index (κ3) is 3.64. The standard InChI is InChI=1S/C16H24N2O/c1-12-9-15(19)14(11-17-10-12)18-16(2,3)13-7-5-4-6-8-13/h4-8,12,15,17,19H,9-11H2,1-3H3/b18-14+. The highest BCUT2D eigenvalue weighted by molar-refractivity contribution is 5.91. The minimum atomic E-state index is -0.423. The maximum Gasteiger partial charge on any atom is 0.0933 e. The third-order valence-electron chi connectivity index (χ3n) is 3.71. The first-order chi connectivity index (χ1) is 8.99. The smallest absolute Gasteiger partial charge is 0.0933 e. The minimum absolute atomic E-state index is 0.299. The van der Waals surface area contributed by atoms with E-state index in [9.17, 15) is 5.11 Å². The fraction of sp³-hybridized carbons (Fsp3) is 0.562. The summed E-state index contributed by atoms with van der Waals surface area (Å²) in [4.78, 5) is 4.82. The van der Waals surface area contributed by atoms with Crippen LogP contribution in [0.2, 0.25) is 0 Å². The number of benzene rings is 1. The molecule has 1 aliphatic heterocycles. The van der Waals surface area contributed by atoms with E-state index in [-0.39, 0.29) is 5.54 Å². The van der Waals surface area contributed by atoms with Crippen LogP contribution in [0.3, 0.4) is 0 Å². The molecule has 104 valence electrons. The van der Waals surface area contributed by atoms with E-state index in [1.165, 1.54) is 5.56 Å². The van der Waals surface area contributed by atoms with Crippen LogP contribution in [0.5, 0.6) is 0 Å². The molecular formula is C16H24N2O. The van der Waals surface area contributed by atoms with Gasteiger partial charge in [0.05, 0.1) is 17.4 Å². The molecule has 2 atom stereocenters. The normalized spacial score (nSPS) is 27.3. The second-order valence-electron chi connectivity index (χ2n) is 6.02. The van der Waals surface area contributed by atoms with Gasteiger partial charge in [0.25, 0.3) is 0 Å². The van der Waals surface area contributed by atoms with E-state index >= 15 is 0 Å². The Labute approximate surface area is 115 Å². The Bertz CT molecular complexity index is 439. The number of aliphatic hydroxyl groups excluding tert-OH is 1. The number of nitrogens with zero attached hydrogens (tertiary/aromatic N) is 1. The maximum atomic E-state index is 10.3. The van der Waals surface area contributed by atoms with E-state index in [4.69, 9.17) is 4.99 Å². The van der Waals surface area contributed by atoms with Crippen LogP contribution in [-0.2, 0) is 5.54 Å². The van der Waals surface area contributed by atoms with E-state index in [0.717, 1.165) is 18.7 Å². The SMILES string of the molecule is CC1CNC/C(=N\C(C)(C)c2ccccc2)C(O)C1. The summed E-state index contributed by atoms with van der Waals surface area (Å²) in [5.41, 5.74) is 1.75. The summed E-state index contributed by atoms with van der Waals surface area (Å²) in [6.07, 6.45) is 0.365. The van der Waals surface area contributed by atoms with E-state index < -0.39 is 6.10 Å². The van der Waals surface area contributed by atoms with Crippen LogP contribution < -0.4 is 5.32 Å². The second kappa shape index (κ2) is 5.85. The van der Waals surface area contributed by atoms with Crippen LogP contribution in [0.15, 0.2) is 35.3 Å². The largest absolute Gasteiger partial charge is 0.387 e. The lowest BCUT2D eigenvalue weighted by Gasteiger charge is -2.24. The van der Waals surface area contributed by atoms with Crippen molar-refractivity contribution in [1.29, 1.82) is 0 Å². The number of hydrogen-bond donors (Lipinski definition) is 2. The molecule has 1 fully saturated rings. The zero-order chi connectivity index (χ0) is 13.9. The first kappa shape index (κ1) is 14.2. The van der Waals surface area contributed by atoms with Crippen molar-refractivity contribution in [2.24, 2.45) is 10.9 Å². The van der Waals surface area contributed by atoms with Crippen LogP contribution in [0.25, 0.3) is 0 Å². The zero-order valence-electron chi connectivity index (χ0n) is 12.1. The molecule has 0 saturated carbocycles. The fourth-order valence-corrected chi connectivity index (χ4v) is 2.55. The van der Waals surface area contributed by atoms with Crippen molar-refractivity contribution < 1.29 is 5.11 Å². The van der Waals surface area contributed by atoms with Gasteiger partial charge < -0.3 is 10.4 Å². The summed E-state index contributed by atoms with van der Waals surface area (Å²) >= 11 is 0.